The van der Waals surface area contributed by atoms with Crippen LogP contribution in [0.15, 0.2) is 17.0 Å². The normalized spacial score (nSPS) is 12.7. The molecule has 1 aromatic carbocycles. The molecule has 6 nitrogen and oxygen atoms in total. The summed E-state index contributed by atoms with van der Waals surface area (Å²) in [6.45, 7) is 2.44. The summed E-state index contributed by atoms with van der Waals surface area (Å²) in [6.07, 6.45) is 0. The number of hydrogen-bond donors (Lipinski definition) is 1. The van der Waals surface area contributed by atoms with E-state index in [1.165, 1.54) is 13.8 Å². The van der Waals surface area contributed by atoms with Crippen molar-refractivity contribution in [2.24, 2.45) is 5.14 Å². The average molecular weight is 343 g/mol. The molecule has 0 saturated heterocycles. The third-order valence-electron chi connectivity index (χ3n) is 2.61. The monoisotopic (exact) mass is 343 g/mol. The standard InChI is InChI=1S/C11H15F2NO5S2/c1-7(2)20(15,16)4-3-19-11-9(13)5-8(12)6-10(11)21(14,17)18/h5-7H,3-4H2,1-2H3,(H2,14,17,18). The quantitative estimate of drug-likeness (QED) is 0.823. The minimum atomic E-state index is -4.42. The van der Waals surface area contributed by atoms with Gasteiger partial charge in [-0.3, -0.25) is 0 Å². The lowest BCUT2D eigenvalue weighted by molar-refractivity contribution is 0.311. The molecule has 1 aromatic rings. The summed E-state index contributed by atoms with van der Waals surface area (Å²) >= 11 is 0. The Morgan fingerprint density at radius 2 is 1.76 bits per heavy atom. The molecule has 21 heavy (non-hydrogen) atoms. The molecule has 0 atom stereocenters. The van der Waals surface area contributed by atoms with Crippen molar-refractivity contribution in [3.8, 4) is 5.75 Å². The van der Waals surface area contributed by atoms with Crippen LogP contribution in [-0.2, 0) is 19.9 Å². The van der Waals surface area contributed by atoms with Gasteiger partial charge in [-0.25, -0.2) is 30.8 Å². The van der Waals surface area contributed by atoms with Crippen LogP contribution in [0.4, 0.5) is 8.78 Å². The largest absolute Gasteiger partial charge is 0.488 e. The number of halogens is 2. The highest BCUT2D eigenvalue weighted by Gasteiger charge is 2.22. The van der Waals surface area contributed by atoms with E-state index >= 15 is 0 Å². The maximum atomic E-state index is 13.6. The van der Waals surface area contributed by atoms with E-state index in [-0.39, 0.29) is 0 Å². The fourth-order valence-electron chi connectivity index (χ4n) is 1.38. The number of rotatable bonds is 6. The van der Waals surface area contributed by atoms with Crippen LogP contribution in [0.5, 0.6) is 5.75 Å². The van der Waals surface area contributed by atoms with Crippen LogP contribution in [0.25, 0.3) is 0 Å². The Morgan fingerprint density at radius 1 is 1.19 bits per heavy atom. The summed E-state index contributed by atoms with van der Waals surface area (Å²) < 4.78 is 77.2. The summed E-state index contributed by atoms with van der Waals surface area (Å²) in [5.74, 6) is -3.65. The number of hydrogen-bond acceptors (Lipinski definition) is 5. The van der Waals surface area contributed by atoms with Crippen LogP contribution >= 0.6 is 0 Å². The zero-order chi connectivity index (χ0) is 16.4. The second-order valence-corrected chi connectivity index (χ2v) is 8.73. The van der Waals surface area contributed by atoms with Crippen molar-refractivity contribution < 1.29 is 30.4 Å². The third-order valence-corrected chi connectivity index (χ3v) is 5.70. The Labute approximate surface area is 121 Å². The molecular weight excluding hydrogens is 328 g/mol. The van der Waals surface area contributed by atoms with Crippen molar-refractivity contribution in [1.82, 2.24) is 0 Å². The second-order valence-electron chi connectivity index (χ2n) is 4.52. The molecule has 0 aliphatic rings. The molecule has 120 valence electrons. The van der Waals surface area contributed by atoms with Gasteiger partial charge in [0, 0.05) is 6.07 Å². The fourth-order valence-corrected chi connectivity index (χ4v) is 2.86. The summed E-state index contributed by atoms with van der Waals surface area (Å²) in [7, 11) is -7.86. The van der Waals surface area contributed by atoms with Crippen LogP contribution in [-0.4, -0.2) is 34.4 Å². The Morgan fingerprint density at radius 3 is 2.24 bits per heavy atom. The number of primary sulfonamides is 1. The number of sulfonamides is 1. The Hall–Kier alpha value is -1.26. The second kappa shape index (κ2) is 6.24. The number of ether oxygens (including phenoxy) is 1. The molecule has 1 rings (SSSR count). The molecule has 0 aromatic heterocycles. The van der Waals surface area contributed by atoms with Crippen LogP contribution in [0.3, 0.4) is 0 Å². The predicted octanol–water partition coefficient (Wildman–Crippen LogP) is 0.814. The van der Waals surface area contributed by atoms with Crippen molar-refractivity contribution in [2.75, 3.05) is 12.4 Å². The lowest BCUT2D eigenvalue weighted by atomic mass is 10.3. The molecule has 0 amide bonds. The Kier molecular flexibility index (Phi) is 5.29. The van der Waals surface area contributed by atoms with Crippen LogP contribution in [0.2, 0.25) is 0 Å². The first kappa shape index (κ1) is 17.8. The minimum absolute atomic E-state index is 0.418. The van der Waals surface area contributed by atoms with Gasteiger partial charge in [-0.2, -0.15) is 0 Å². The summed E-state index contributed by atoms with van der Waals surface area (Å²) in [4.78, 5) is -0.873. The van der Waals surface area contributed by atoms with E-state index in [0.29, 0.717) is 12.1 Å². The number of benzene rings is 1. The molecular formula is C11H15F2NO5S2. The van der Waals surface area contributed by atoms with Gasteiger partial charge in [0.05, 0.1) is 11.0 Å². The van der Waals surface area contributed by atoms with E-state index in [2.05, 4.69) is 0 Å². The lowest BCUT2D eigenvalue weighted by Crippen LogP contribution is -2.23. The van der Waals surface area contributed by atoms with Gasteiger partial charge in [0.2, 0.25) is 10.0 Å². The maximum Gasteiger partial charge on any atom is 0.241 e. The van der Waals surface area contributed by atoms with Gasteiger partial charge in [-0.05, 0) is 19.9 Å². The average Bonchev–Trinajstić information content (AvgIpc) is 2.29. The molecule has 10 heteroatoms. The van der Waals surface area contributed by atoms with Gasteiger partial charge in [0.1, 0.15) is 17.3 Å². The van der Waals surface area contributed by atoms with Crippen molar-refractivity contribution in [1.29, 1.82) is 0 Å². The molecule has 0 aliphatic heterocycles. The molecule has 0 saturated carbocycles. The minimum Gasteiger partial charge on any atom is -0.488 e. The Bertz CT molecular complexity index is 729. The highest BCUT2D eigenvalue weighted by molar-refractivity contribution is 7.92. The molecule has 0 radical (unpaired) electrons. The van der Waals surface area contributed by atoms with Gasteiger partial charge in [0.15, 0.2) is 21.4 Å². The lowest BCUT2D eigenvalue weighted by Gasteiger charge is -2.12. The van der Waals surface area contributed by atoms with Crippen molar-refractivity contribution >= 4 is 19.9 Å². The maximum absolute atomic E-state index is 13.6. The first-order valence-electron chi connectivity index (χ1n) is 5.81. The van der Waals surface area contributed by atoms with Crippen LogP contribution in [0, 0.1) is 11.6 Å². The van der Waals surface area contributed by atoms with Gasteiger partial charge < -0.3 is 4.74 Å². The zero-order valence-electron chi connectivity index (χ0n) is 11.3. The van der Waals surface area contributed by atoms with Gasteiger partial charge in [-0.15, -0.1) is 0 Å². The predicted molar refractivity (Wildman–Crippen MR) is 72.1 cm³/mol. The van der Waals surface area contributed by atoms with Gasteiger partial charge >= 0.3 is 0 Å². The highest BCUT2D eigenvalue weighted by atomic mass is 32.2. The van der Waals surface area contributed by atoms with E-state index < -0.39 is 59.7 Å². The SMILES string of the molecule is CC(C)S(=O)(=O)CCOc1c(F)cc(F)cc1S(N)(=O)=O. The summed E-state index contributed by atoms with van der Waals surface area (Å²) in [6, 6.07) is 0.922. The van der Waals surface area contributed by atoms with E-state index in [9.17, 15) is 25.6 Å². The van der Waals surface area contributed by atoms with Crippen LogP contribution in [0.1, 0.15) is 13.8 Å². The third kappa shape index (κ3) is 4.61. The molecule has 0 aliphatic carbocycles. The first-order chi connectivity index (χ1) is 9.45. The Balaban J connectivity index is 3.05. The fraction of sp³-hybridized carbons (Fsp3) is 0.455. The van der Waals surface area contributed by atoms with E-state index in [1.807, 2.05) is 0 Å². The molecule has 0 heterocycles. The number of nitrogens with two attached hydrogens (primary N) is 1. The first-order valence-corrected chi connectivity index (χ1v) is 9.07. The van der Waals surface area contributed by atoms with E-state index in [0.717, 1.165) is 0 Å². The molecule has 0 spiro atoms. The van der Waals surface area contributed by atoms with Gasteiger partial charge in [-0.1, -0.05) is 0 Å². The molecule has 0 fully saturated rings. The summed E-state index contributed by atoms with van der Waals surface area (Å²) in [5, 5.41) is 4.19. The zero-order valence-corrected chi connectivity index (χ0v) is 13.0. The van der Waals surface area contributed by atoms with Crippen molar-refractivity contribution in [2.45, 2.75) is 24.0 Å². The van der Waals surface area contributed by atoms with E-state index in [4.69, 9.17) is 9.88 Å². The molecule has 0 bridgehead atoms. The summed E-state index contributed by atoms with van der Waals surface area (Å²) in [5.41, 5.74) is 0. The van der Waals surface area contributed by atoms with Crippen molar-refractivity contribution in [3.05, 3.63) is 23.8 Å². The smallest absolute Gasteiger partial charge is 0.241 e. The highest BCUT2D eigenvalue weighted by Crippen LogP contribution is 2.27. The topological polar surface area (TPSA) is 104 Å². The molecule has 2 N–H and O–H groups in total. The van der Waals surface area contributed by atoms with E-state index in [1.54, 1.807) is 0 Å². The van der Waals surface area contributed by atoms with Crippen LogP contribution < -0.4 is 9.88 Å². The molecule has 0 unspecified atom stereocenters. The van der Waals surface area contributed by atoms with Crippen molar-refractivity contribution in [3.63, 3.8) is 0 Å². The number of sulfone groups is 1. The van der Waals surface area contributed by atoms with Gasteiger partial charge in [0.25, 0.3) is 0 Å².